The average molecular weight is 358 g/mol. The van der Waals surface area contributed by atoms with Crippen molar-refractivity contribution in [3.8, 4) is 0 Å². The summed E-state index contributed by atoms with van der Waals surface area (Å²) in [5.41, 5.74) is 0.947. The van der Waals surface area contributed by atoms with E-state index in [1.807, 2.05) is 0 Å². The highest BCUT2D eigenvalue weighted by Crippen LogP contribution is 2.21. The van der Waals surface area contributed by atoms with Crippen molar-refractivity contribution in [2.45, 2.75) is 18.9 Å². The predicted octanol–water partition coefficient (Wildman–Crippen LogP) is 4.24. The first-order valence-electron chi connectivity index (χ1n) is 6.55. The van der Waals surface area contributed by atoms with Gasteiger partial charge >= 0.3 is 0 Å². The van der Waals surface area contributed by atoms with Gasteiger partial charge in [0.05, 0.1) is 0 Å². The Morgan fingerprint density at radius 1 is 1.05 bits per heavy atom. The van der Waals surface area contributed by atoms with Crippen LogP contribution in [-0.2, 0) is 12.8 Å². The van der Waals surface area contributed by atoms with Crippen molar-refractivity contribution in [1.82, 2.24) is 5.32 Å². The predicted molar refractivity (Wildman–Crippen MR) is 80.7 cm³/mol. The first-order chi connectivity index (χ1) is 10.0. The van der Waals surface area contributed by atoms with Crippen LogP contribution in [0.15, 0.2) is 40.9 Å². The molecule has 0 bridgehead atoms. The Hall–Kier alpha value is -1.33. The number of hydrogen-bond donors (Lipinski definition) is 1. The van der Waals surface area contributed by atoms with Crippen LogP contribution < -0.4 is 5.32 Å². The second-order valence-electron chi connectivity index (χ2n) is 4.83. The topological polar surface area (TPSA) is 12.0 Å². The molecule has 2 aromatic rings. The summed E-state index contributed by atoms with van der Waals surface area (Å²) in [6.45, 7) is 0. The van der Waals surface area contributed by atoms with E-state index in [0.29, 0.717) is 10.9 Å². The zero-order chi connectivity index (χ0) is 15.4. The molecule has 0 aromatic heterocycles. The van der Waals surface area contributed by atoms with E-state index in [1.54, 1.807) is 13.1 Å². The van der Waals surface area contributed by atoms with Crippen molar-refractivity contribution >= 4 is 15.9 Å². The quantitative estimate of drug-likeness (QED) is 0.843. The van der Waals surface area contributed by atoms with Crippen LogP contribution >= 0.6 is 15.9 Å². The summed E-state index contributed by atoms with van der Waals surface area (Å²) in [5.74, 6) is -1.42. The number of benzene rings is 2. The minimum atomic E-state index is -0.548. The fourth-order valence-electron chi connectivity index (χ4n) is 2.20. The highest BCUT2D eigenvalue weighted by molar-refractivity contribution is 9.10. The summed E-state index contributed by atoms with van der Waals surface area (Å²) in [6.07, 6.45) is 0.754. The molecule has 0 saturated heterocycles. The van der Waals surface area contributed by atoms with Crippen molar-refractivity contribution in [2.75, 3.05) is 7.05 Å². The average Bonchev–Trinajstić information content (AvgIpc) is 2.44. The lowest BCUT2D eigenvalue weighted by atomic mass is 9.98. The van der Waals surface area contributed by atoms with Gasteiger partial charge in [-0.05, 0) is 49.7 Å². The van der Waals surface area contributed by atoms with E-state index in [2.05, 4.69) is 21.2 Å². The Balaban J connectivity index is 2.17. The fourth-order valence-corrected chi connectivity index (χ4v) is 2.72. The lowest BCUT2D eigenvalue weighted by Gasteiger charge is -2.18. The first kappa shape index (κ1) is 16.0. The van der Waals surface area contributed by atoms with Gasteiger partial charge in [0.25, 0.3) is 0 Å². The van der Waals surface area contributed by atoms with Crippen LogP contribution in [0.25, 0.3) is 0 Å². The van der Waals surface area contributed by atoms with Crippen LogP contribution in [0.4, 0.5) is 13.2 Å². The van der Waals surface area contributed by atoms with E-state index in [9.17, 15) is 13.2 Å². The number of hydrogen-bond acceptors (Lipinski definition) is 1. The number of likely N-dealkylation sites (N-methyl/N-ethyl adjacent to an activating group) is 1. The Bertz CT molecular complexity index is 611. The van der Waals surface area contributed by atoms with Gasteiger partial charge in [-0.1, -0.05) is 28.1 Å². The normalized spacial score (nSPS) is 12.4. The van der Waals surface area contributed by atoms with Gasteiger partial charge in [-0.2, -0.15) is 0 Å². The molecule has 2 rings (SSSR count). The second-order valence-corrected chi connectivity index (χ2v) is 5.68. The Labute approximate surface area is 130 Å². The van der Waals surface area contributed by atoms with E-state index < -0.39 is 11.6 Å². The van der Waals surface area contributed by atoms with E-state index in [1.165, 1.54) is 30.3 Å². The van der Waals surface area contributed by atoms with Gasteiger partial charge in [0.15, 0.2) is 0 Å². The molecular formula is C16H15BrF3N. The summed E-state index contributed by atoms with van der Waals surface area (Å²) >= 11 is 3.30. The van der Waals surface area contributed by atoms with E-state index in [4.69, 9.17) is 0 Å². The molecule has 0 spiro atoms. The summed E-state index contributed by atoms with van der Waals surface area (Å²) in [6, 6.07) is 8.11. The minimum absolute atomic E-state index is 0.0649. The maximum Gasteiger partial charge on any atom is 0.129 e. The summed E-state index contributed by atoms with van der Waals surface area (Å²) < 4.78 is 41.1. The van der Waals surface area contributed by atoms with Crippen LogP contribution in [0.2, 0.25) is 0 Å². The molecule has 1 unspecified atom stereocenters. The molecule has 1 atom stereocenters. The lowest BCUT2D eigenvalue weighted by Crippen LogP contribution is -2.30. The monoisotopic (exact) mass is 357 g/mol. The minimum Gasteiger partial charge on any atom is -0.316 e. The van der Waals surface area contributed by atoms with Crippen LogP contribution in [0, 0.1) is 17.5 Å². The third kappa shape index (κ3) is 4.08. The molecule has 0 amide bonds. The molecular weight excluding hydrogens is 343 g/mol. The van der Waals surface area contributed by atoms with Crippen LogP contribution in [0.5, 0.6) is 0 Å². The van der Waals surface area contributed by atoms with E-state index in [0.717, 1.165) is 5.56 Å². The smallest absolute Gasteiger partial charge is 0.129 e. The van der Waals surface area contributed by atoms with Crippen molar-refractivity contribution in [2.24, 2.45) is 0 Å². The Kier molecular flexibility index (Phi) is 5.42. The Morgan fingerprint density at radius 3 is 2.29 bits per heavy atom. The summed E-state index contributed by atoms with van der Waals surface area (Å²) in [7, 11) is 1.74. The SMILES string of the molecule is CNC(Cc1ccc(F)cc1Br)Cc1c(F)cccc1F. The summed E-state index contributed by atoms with van der Waals surface area (Å²) in [4.78, 5) is 0. The van der Waals surface area contributed by atoms with Crippen molar-refractivity contribution in [1.29, 1.82) is 0 Å². The van der Waals surface area contributed by atoms with E-state index >= 15 is 0 Å². The molecule has 5 heteroatoms. The lowest BCUT2D eigenvalue weighted by molar-refractivity contribution is 0.501. The van der Waals surface area contributed by atoms with Gasteiger partial charge in [-0.25, -0.2) is 13.2 Å². The van der Waals surface area contributed by atoms with Crippen molar-refractivity contribution in [3.05, 3.63) is 69.4 Å². The standard InChI is InChI=1S/C16H15BrF3N/c1-21-12(7-10-5-6-11(18)8-14(10)17)9-13-15(19)3-2-4-16(13)20/h2-6,8,12,21H,7,9H2,1H3. The van der Waals surface area contributed by atoms with Gasteiger partial charge < -0.3 is 5.32 Å². The molecule has 0 radical (unpaired) electrons. The molecule has 112 valence electrons. The van der Waals surface area contributed by atoms with Gasteiger partial charge in [0.1, 0.15) is 17.5 Å². The largest absolute Gasteiger partial charge is 0.316 e. The molecule has 0 saturated carbocycles. The van der Waals surface area contributed by atoms with Gasteiger partial charge in [-0.15, -0.1) is 0 Å². The second kappa shape index (κ2) is 7.09. The molecule has 0 aliphatic heterocycles. The fraction of sp³-hybridized carbons (Fsp3) is 0.250. The highest BCUT2D eigenvalue weighted by Gasteiger charge is 2.16. The molecule has 0 heterocycles. The van der Waals surface area contributed by atoms with Gasteiger partial charge in [-0.3, -0.25) is 0 Å². The zero-order valence-corrected chi connectivity index (χ0v) is 13.1. The van der Waals surface area contributed by atoms with Crippen LogP contribution in [0.1, 0.15) is 11.1 Å². The molecule has 0 fully saturated rings. The molecule has 1 N–H and O–H groups in total. The number of halogens is 4. The molecule has 0 aliphatic rings. The molecule has 0 aliphatic carbocycles. The maximum absolute atomic E-state index is 13.7. The first-order valence-corrected chi connectivity index (χ1v) is 7.34. The zero-order valence-electron chi connectivity index (χ0n) is 11.5. The number of nitrogens with one attached hydrogen (secondary N) is 1. The van der Waals surface area contributed by atoms with Crippen LogP contribution in [-0.4, -0.2) is 13.1 Å². The molecule has 1 nitrogen and oxygen atoms in total. The number of rotatable bonds is 5. The summed E-state index contributed by atoms with van der Waals surface area (Å²) in [5, 5.41) is 3.05. The Morgan fingerprint density at radius 2 is 1.71 bits per heavy atom. The van der Waals surface area contributed by atoms with E-state index in [-0.39, 0.29) is 23.8 Å². The highest BCUT2D eigenvalue weighted by atomic mass is 79.9. The van der Waals surface area contributed by atoms with Gasteiger partial charge in [0, 0.05) is 16.1 Å². The molecule has 2 aromatic carbocycles. The third-order valence-corrected chi connectivity index (χ3v) is 4.14. The van der Waals surface area contributed by atoms with Crippen molar-refractivity contribution < 1.29 is 13.2 Å². The maximum atomic E-state index is 13.7. The van der Waals surface area contributed by atoms with Gasteiger partial charge in [0.2, 0.25) is 0 Å². The van der Waals surface area contributed by atoms with Crippen molar-refractivity contribution in [3.63, 3.8) is 0 Å². The molecule has 21 heavy (non-hydrogen) atoms. The third-order valence-electron chi connectivity index (χ3n) is 3.40. The van der Waals surface area contributed by atoms with Crippen LogP contribution in [0.3, 0.4) is 0 Å².